The van der Waals surface area contributed by atoms with Gasteiger partial charge in [0.25, 0.3) is 0 Å². The summed E-state index contributed by atoms with van der Waals surface area (Å²) in [7, 11) is 0. The monoisotopic (exact) mass is 336 g/mol. The Kier molecular flexibility index (Phi) is 5.71. The van der Waals surface area contributed by atoms with E-state index in [1.165, 1.54) is 0 Å². The Hall–Kier alpha value is -1.63. The first-order valence-electron chi connectivity index (χ1n) is 9.07. The van der Waals surface area contributed by atoms with Gasteiger partial charge < -0.3 is 19.5 Å². The number of urea groups is 1. The lowest BCUT2D eigenvalue weighted by molar-refractivity contribution is 0.0830. The Morgan fingerprint density at radius 3 is 2.83 bits per heavy atom. The molecule has 7 nitrogen and oxygen atoms in total. The predicted molar refractivity (Wildman–Crippen MR) is 88.9 cm³/mol. The fraction of sp³-hybridized carbons (Fsp3) is 0.824. The van der Waals surface area contributed by atoms with Gasteiger partial charge in [-0.2, -0.15) is 4.98 Å². The molecule has 24 heavy (non-hydrogen) atoms. The standard InChI is InChI=1S/C17H28N4O3/c1-12(2)10-18-17(22)21-7-3-4-14(11-21)16-19-15(20-24-16)13-5-8-23-9-6-13/h12-14H,3-11H2,1-2H3,(H,18,22). The highest BCUT2D eigenvalue weighted by Gasteiger charge is 2.30. The largest absolute Gasteiger partial charge is 0.381 e. The van der Waals surface area contributed by atoms with Crippen molar-refractivity contribution in [1.82, 2.24) is 20.4 Å². The SMILES string of the molecule is CC(C)CNC(=O)N1CCCC(c2nc(C3CCOCC3)no2)C1. The summed E-state index contributed by atoms with van der Waals surface area (Å²) in [6.45, 7) is 7.86. The molecule has 0 saturated carbocycles. The van der Waals surface area contributed by atoms with Crippen molar-refractivity contribution in [3.05, 3.63) is 11.7 Å². The van der Waals surface area contributed by atoms with E-state index in [-0.39, 0.29) is 11.9 Å². The topological polar surface area (TPSA) is 80.5 Å². The number of nitrogens with one attached hydrogen (secondary N) is 1. The molecule has 3 rings (SSSR count). The molecule has 0 radical (unpaired) electrons. The van der Waals surface area contributed by atoms with Crippen molar-refractivity contribution in [3.8, 4) is 0 Å². The van der Waals surface area contributed by atoms with Crippen molar-refractivity contribution >= 4 is 6.03 Å². The van der Waals surface area contributed by atoms with Crippen molar-refractivity contribution in [2.45, 2.75) is 51.4 Å². The van der Waals surface area contributed by atoms with Crippen LogP contribution in [0.15, 0.2) is 4.52 Å². The Morgan fingerprint density at radius 1 is 1.29 bits per heavy atom. The number of ether oxygens (including phenoxy) is 1. The van der Waals surface area contributed by atoms with E-state index in [1.807, 2.05) is 4.90 Å². The predicted octanol–water partition coefficient (Wildman–Crippen LogP) is 2.51. The third-order valence-corrected chi connectivity index (χ3v) is 4.76. The van der Waals surface area contributed by atoms with E-state index in [4.69, 9.17) is 9.26 Å². The van der Waals surface area contributed by atoms with Crippen molar-refractivity contribution in [1.29, 1.82) is 0 Å². The molecule has 2 saturated heterocycles. The molecule has 2 amide bonds. The summed E-state index contributed by atoms with van der Waals surface area (Å²) >= 11 is 0. The zero-order valence-electron chi connectivity index (χ0n) is 14.7. The lowest BCUT2D eigenvalue weighted by atomic mass is 9.97. The number of nitrogens with zero attached hydrogens (tertiary/aromatic N) is 3. The van der Waals surface area contributed by atoms with Crippen LogP contribution in [-0.4, -0.2) is 53.9 Å². The number of carbonyl (C=O) groups is 1. The van der Waals surface area contributed by atoms with Crippen LogP contribution in [0.1, 0.15) is 63.1 Å². The minimum atomic E-state index is 0.0116. The summed E-state index contributed by atoms with van der Waals surface area (Å²) in [6, 6.07) is 0.0116. The molecule has 1 N–H and O–H groups in total. The number of hydrogen-bond donors (Lipinski definition) is 1. The van der Waals surface area contributed by atoms with E-state index >= 15 is 0 Å². The highest BCUT2D eigenvalue weighted by atomic mass is 16.5. The van der Waals surface area contributed by atoms with Gasteiger partial charge in [-0.25, -0.2) is 4.79 Å². The Bertz CT molecular complexity index is 540. The summed E-state index contributed by atoms with van der Waals surface area (Å²) in [4.78, 5) is 18.8. The van der Waals surface area contributed by atoms with E-state index in [9.17, 15) is 4.79 Å². The van der Waals surface area contributed by atoms with Gasteiger partial charge >= 0.3 is 6.03 Å². The number of piperidine rings is 1. The highest BCUT2D eigenvalue weighted by Crippen LogP contribution is 2.29. The zero-order valence-corrected chi connectivity index (χ0v) is 14.7. The van der Waals surface area contributed by atoms with Gasteiger partial charge in [-0.3, -0.25) is 0 Å². The average molecular weight is 336 g/mol. The quantitative estimate of drug-likeness (QED) is 0.914. The first-order valence-corrected chi connectivity index (χ1v) is 9.07. The number of likely N-dealkylation sites (tertiary alicyclic amines) is 1. The molecule has 1 atom stereocenters. The van der Waals surface area contributed by atoms with Crippen LogP contribution < -0.4 is 5.32 Å². The summed E-state index contributed by atoms with van der Waals surface area (Å²) in [5.41, 5.74) is 0. The first-order chi connectivity index (χ1) is 11.6. The van der Waals surface area contributed by atoms with Crippen LogP contribution in [-0.2, 0) is 4.74 Å². The van der Waals surface area contributed by atoms with Crippen molar-refractivity contribution in [3.63, 3.8) is 0 Å². The maximum absolute atomic E-state index is 12.3. The molecule has 0 aromatic carbocycles. The van der Waals surface area contributed by atoms with Crippen LogP contribution in [0.5, 0.6) is 0 Å². The second kappa shape index (κ2) is 7.96. The maximum Gasteiger partial charge on any atom is 0.317 e. The molecule has 2 aliphatic heterocycles. The molecule has 2 aliphatic rings. The average Bonchev–Trinajstić information content (AvgIpc) is 3.11. The van der Waals surface area contributed by atoms with E-state index in [0.29, 0.717) is 30.8 Å². The molecule has 7 heteroatoms. The van der Waals surface area contributed by atoms with E-state index in [1.54, 1.807) is 0 Å². The second-order valence-corrected chi connectivity index (χ2v) is 7.24. The number of rotatable bonds is 4. The fourth-order valence-electron chi connectivity index (χ4n) is 3.30. The molecule has 0 aliphatic carbocycles. The van der Waals surface area contributed by atoms with Crippen LogP contribution in [0, 0.1) is 5.92 Å². The van der Waals surface area contributed by atoms with Crippen LogP contribution in [0.2, 0.25) is 0 Å². The smallest absolute Gasteiger partial charge is 0.317 e. The lowest BCUT2D eigenvalue weighted by Crippen LogP contribution is -2.45. The van der Waals surface area contributed by atoms with Gasteiger partial charge in [0.05, 0.1) is 5.92 Å². The summed E-state index contributed by atoms with van der Waals surface area (Å²) in [5.74, 6) is 2.41. The molecule has 1 aromatic rings. The van der Waals surface area contributed by atoms with Crippen molar-refractivity contribution in [2.75, 3.05) is 32.8 Å². The lowest BCUT2D eigenvalue weighted by Gasteiger charge is -2.31. The van der Waals surface area contributed by atoms with Crippen LogP contribution >= 0.6 is 0 Å². The second-order valence-electron chi connectivity index (χ2n) is 7.24. The number of carbonyl (C=O) groups excluding carboxylic acids is 1. The van der Waals surface area contributed by atoms with Gasteiger partial charge in [0.1, 0.15) is 0 Å². The Labute approximate surface area is 143 Å². The summed E-state index contributed by atoms with van der Waals surface area (Å²) in [5, 5.41) is 7.17. The summed E-state index contributed by atoms with van der Waals surface area (Å²) in [6.07, 6.45) is 3.86. The van der Waals surface area contributed by atoms with Crippen molar-refractivity contribution in [2.24, 2.45) is 5.92 Å². The first kappa shape index (κ1) is 17.2. The van der Waals surface area contributed by atoms with Crippen LogP contribution in [0.25, 0.3) is 0 Å². The summed E-state index contributed by atoms with van der Waals surface area (Å²) < 4.78 is 10.9. The molecule has 1 aromatic heterocycles. The number of hydrogen-bond acceptors (Lipinski definition) is 5. The third-order valence-electron chi connectivity index (χ3n) is 4.76. The molecule has 0 bridgehead atoms. The Balaban J connectivity index is 1.58. The fourth-order valence-corrected chi connectivity index (χ4v) is 3.30. The molecular formula is C17H28N4O3. The van der Waals surface area contributed by atoms with Gasteiger partial charge in [-0.05, 0) is 31.6 Å². The minimum Gasteiger partial charge on any atom is -0.381 e. The minimum absolute atomic E-state index is 0.0116. The maximum atomic E-state index is 12.3. The van der Waals surface area contributed by atoms with Crippen LogP contribution in [0.4, 0.5) is 4.79 Å². The van der Waals surface area contributed by atoms with E-state index < -0.39 is 0 Å². The van der Waals surface area contributed by atoms with Gasteiger partial charge in [-0.15, -0.1) is 0 Å². The number of aromatic nitrogens is 2. The number of amides is 2. The normalized spacial score (nSPS) is 22.8. The molecule has 3 heterocycles. The van der Waals surface area contributed by atoms with Gasteiger partial charge in [0.15, 0.2) is 5.82 Å². The van der Waals surface area contributed by atoms with E-state index in [0.717, 1.165) is 51.3 Å². The molecule has 2 fully saturated rings. The van der Waals surface area contributed by atoms with Gasteiger partial charge in [0.2, 0.25) is 5.89 Å². The van der Waals surface area contributed by atoms with Gasteiger partial charge in [-0.1, -0.05) is 19.0 Å². The molecular weight excluding hydrogens is 308 g/mol. The zero-order chi connectivity index (χ0) is 16.9. The Morgan fingerprint density at radius 2 is 2.08 bits per heavy atom. The van der Waals surface area contributed by atoms with E-state index in [2.05, 4.69) is 29.3 Å². The van der Waals surface area contributed by atoms with Crippen molar-refractivity contribution < 1.29 is 14.1 Å². The molecule has 134 valence electrons. The highest BCUT2D eigenvalue weighted by molar-refractivity contribution is 5.74. The van der Waals surface area contributed by atoms with Crippen LogP contribution in [0.3, 0.4) is 0 Å². The third kappa shape index (κ3) is 4.26. The molecule has 1 unspecified atom stereocenters. The molecule has 0 spiro atoms. The van der Waals surface area contributed by atoms with Gasteiger partial charge in [0, 0.05) is 38.8 Å².